The van der Waals surface area contributed by atoms with Gasteiger partial charge >= 0.3 is 0 Å². The molecule has 1 unspecified atom stereocenters. The quantitative estimate of drug-likeness (QED) is 0.768. The van der Waals surface area contributed by atoms with Gasteiger partial charge in [0.25, 0.3) is 0 Å². The molecule has 0 aliphatic heterocycles. The molecule has 1 aromatic heterocycles. The maximum Gasteiger partial charge on any atom is 0.120 e. The van der Waals surface area contributed by atoms with Crippen molar-refractivity contribution >= 4 is 22.9 Å². The van der Waals surface area contributed by atoms with Crippen molar-refractivity contribution in [2.24, 2.45) is 5.73 Å². The third-order valence-corrected chi connectivity index (χ3v) is 3.52. The predicted molar refractivity (Wildman–Crippen MR) is 89.0 cm³/mol. The molecule has 1 heterocycles. The van der Waals surface area contributed by atoms with E-state index in [4.69, 9.17) is 27.1 Å². The maximum absolute atomic E-state index is 5.77. The van der Waals surface area contributed by atoms with E-state index in [1.54, 1.807) is 13.4 Å². The first-order valence-corrected chi connectivity index (χ1v) is 7.27. The summed E-state index contributed by atoms with van der Waals surface area (Å²) in [6.07, 6.45) is 3.52. The van der Waals surface area contributed by atoms with Gasteiger partial charge in [0.15, 0.2) is 0 Å². The monoisotopic (exact) mass is 304 g/mol. The van der Waals surface area contributed by atoms with Gasteiger partial charge in [-0.15, -0.1) is 0 Å². The fraction of sp³-hybridized carbons (Fsp3) is 0.312. The summed E-state index contributed by atoms with van der Waals surface area (Å²) >= 11 is 5.09. The number of hydrogen-bond donors (Lipinski definition) is 2. The molecular weight excluding hydrogens is 284 g/mol. The van der Waals surface area contributed by atoms with Gasteiger partial charge in [0.05, 0.1) is 13.4 Å². The van der Waals surface area contributed by atoms with Crippen LogP contribution in [0.2, 0.25) is 0 Å². The lowest BCUT2D eigenvalue weighted by molar-refractivity contribution is 0.415. The highest BCUT2D eigenvalue weighted by molar-refractivity contribution is 7.80. The van der Waals surface area contributed by atoms with Crippen LogP contribution in [0.15, 0.2) is 41.0 Å². The average Bonchev–Trinajstić information content (AvgIpc) is 2.98. The van der Waals surface area contributed by atoms with Gasteiger partial charge in [0.1, 0.15) is 16.5 Å². The average molecular weight is 304 g/mol. The summed E-state index contributed by atoms with van der Waals surface area (Å²) in [6.45, 7) is 2.12. The Kier molecular flexibility index (Phi) is 5.22. The summed E-state index contributed by atoms with van der Waals surface area (Å²) in [5, 5.41) is 3.44. The van der Waals surface area contributed by atoms with Gasteiger partial charge in [-0.1, -0.05) is 12.2 Å². The third kappa shape index (κ3) is 4.23. The Morgan fingerprint density at radius 1 is 1.43 bits per heavy atom. The SMILES string of the molecule is COc1ccc(C(N)=S)c(NC(C)CCc2ccco2)c1. The largest absolute Gasteiger partial charge is 0.497 e. The van der Waals surface area contributed by atoms with E-state index in [-0.39, 0.29) is 6.04 Å². The van der Waals surface area contributed by atoms with Crippen LogP contribution < -0.4 is 15.8 Å². The molecule has 0 amide bonds. The number of ether oxygens (including phenoxy) is 1. The fourth-order valence-corrected chi connectivity index (χ4v) is 2.31. The number of nitrogens with two attached hydrogens (primary N) is 1. The molecule has 112 valence electrons. The highest BCUT2D eigenvalue weighted by Crippen LogP contribution is 2.24. The number of anilines is 1. The number of benzene rings is 1. The number of rotatable bonds is 7. The van der Waals surface area contributed by atoms with Crippen LogP contribution in [0.4, 0.5) is 5.69 Å². The summed E-state index contributed by atoms with van der Waals surface area (Å²) in [7, 11) is 1.64. The van der Waals surface area contributed by atoms with Crippen molar-refractivity contribution in [1.82, 2.24) is 0 Å². The molecule has 0 radical (unpaired) electrons. The number of methoxy groups -OCH3 is 1. The first kappa shape index (κ1) is 15.4. The molecule has 0 saturated heterocycles. The number of nitrogens with one attached hydrogen (secondary N) is 1. The highest BCUT2D eigenvalue weighted by Gasteiger charge is 2.10. The normalized spacial score (nSPS) is 11.9. The lowest BCUT2D eigenvalue weighted by Gasteiger charge is -2.18. The van der Waals surface area contributed by atoms with E-state index in [1.807, 2.05) is 30.3 Å². The van der Waals surface area contributed by atoms with Gasteiger partial charge in [0, 0.05) is 29.8 Å². The molecule has 0 bridgehead atoms. The zero-order valence-corrected chi connectivity index (χ0v) is 13.1. The molecule has 0 aliphatic carbocycles. The summed E-state index contributed by atoms with van der Waals surface area (Å²) < 4.78 is 10.6. The van der Waals surface area contributed by atoms with Crippen molar-refractivity contribution in [3.63, 3.8) is 0 Å². The smallest absolute Gasteiger partial charge is 0.120 e. The summed E-state index contributed by atoms with van der Waals surface area (Å²) in [4.78, 5) is 0.374. The van der Waals surface area contributed by atoms with Crippen molar-refractivity contribution in [2.75, 3.05) is 12.4 Å². The fourth-order valence-electron chi connectivity index (χ4n) is 2.14. The Bertz CT molecular complexity index is 596. The van der Waals surface area contributed by atoms with Crippen LogP contribution in [0.25, 0.3) is 0 Å². The van der Waals surface area contributed by atoms with Gasteiger partial charge in [-0.3, -0.25) is 0 Å². The summed E-state index contributed by atoms with van der Waals surface area (Å²) in [5.74, 6) is 1.76. The van der Waals surface area contributed by atoms with Gasteiger partial charge in [-0.25, -0.2) is 0 Å². The minimum absolute atomic E-state index is 0.260. The molecule has 2 rings (SSSR count). The second kappa shape index (κ2) is 7.13. The number of hydrogen-bond acceptors (Lipinski definition) is 4. The van der Waals surface area contributed by atoms with E-state index in [1.165, 1.54) is 0 Å². The lowest BCUT2D eigenvalue weighted by Crippen LogP contribution is -2.20. The van der Waals surface area contributed by atoms with Gasteiger partial charge in [0.2, 0.25) is 0 Å². The van der Waals surface area contributed by atoms with E-state index in [0.29, 0.717) is 4.99 Å². The first-order valence-electron chi connectivity index (χ1n) is 6.87. The van der Waals surface area contributed by atoms with E-state index in [9.17, 15) is 0 Å². The number of furan rings is 1. The maximum atomic E-state index is 5.77. The van der Waals surface area contributed by atoms with Crippen LogP contribution in [0.1, 0.15) is 24.7 Å². The molecule has 21 heavy (non-hydrogen) atoms. The molecule has 1 atom stereocenters. The van der Waals surface area contributed by atoms with Crippen LogP contribution in [0, 0.1) is 0 Å². The van der Waals surface area contributed by atoms with Crippen molar-refractivity contribution < 1.29 is 9.15 Å². The van der Waals surface area contributed by atoms with Crippen LogP contribution in [-0.2, 0) is 6.42 Å². The standard InChI is InChI=1S/C16H20N2O2S/c1-11(5-6-12-4-3-9-20-12)18-15-10-13(19-2)7-8-14(15)16(17)21/h3-4,7-11,18H,5-6H2,1-2H3,(H2,17,21). The van der Waals surface area contributed by atoms with Crippen LogP contribution >= 0.6 is 12.2 Å². The van der Waals surface area contributed by atoms with Crippen molar-refractivity contribution in [3.05, 3.63) is 47.9 Å². The topological polar surface area (TPSA) is 60.4 Å². The molecule has 3 N–H and O–H groups in total. The van der Waals surface area contributed by atoms with E-state index >= 15 is 0 Å². The summed E-state index contributed by atoms with van der Waals surface area (Å²) in [5.41, 5.74) is 7.49. The van der Waals surface area contributed by atoms with Crippen LogP contribution in [0.3, 0.4) is 0 Å². The highest BCUT2D eigenvalue weighted by atomic mass is 32.1. The lowest BCUT2D eigenvalue weighted by atomic mass is 10.1. The van der Waals surface area contributed by atoms with E-state index < -0.39 is 0 Å². The molecule has 0 saturated carbocycles. The van der Waals surface area contributed by atoms with E-state index in [0.717, 1.165) is 35.6 Å². The Morgan fingerprint density at radius 3 is 2.86 bits per heavy atom. The molecule has 4 nitrogen and oxygen atoms in total. The van der Waals surface area contributed by atoms with Gasteiger partial charge < -0.3 is 20.2 Å². The van der Waals surface area contributed by atoms with E-state index in [2.05, 4.69) is 12.2 Å². The van der Waals surface area contributed by atoms with Crippen LogP contribution in [-0.4, -0.2) is 18.1 Å². The Morgan fingerprint density at radius 2 is 2.24 bits per heavy atom. The first-order chi connectivity index (χ1) is 10.1. The van der Waals surface area contributed by atoms with Gasteiger partial charge in [-0.05, 0) is 37.6 Å². The minimum Gasteiger partial charge on any atom is -0.497 e. The Labute approximate surface area is 130 Å². The van der Waals surface area contributed by atoms with Crippen molar-refractivity contribution in [1.29, 1.82) is 0 Å². The molecule has 0 fully saturated rings. The minimum atomic E-state index is 0.260. The molecule has 1 aromatic carbocycles. The zero-order valence-electron chi connectivity index (χ0n) is 12.3. The molecule has 0 spiro atoms. The molecule has 5 heteroatoms. The van der Waals surface area contributed by atoms with Crippen LogP contribution in [0.5, 0.6) is 5.75 Å². The van der Waals surface area contributed by atoms with Gasteiger partial charge in [-0.2, -0.15) is 0 Å². The third-order valence-electron chi connectivity index (χ3n) is 3.30. The molecule has 0 aliphatic rings. The molecular formula is C16H20N2O2S. The zero-order chi connectivity index (χ0) is 15.2. The van der Waals surface area contributed by atoms with Crippen molar-refractivity contribution in [2.45, 2.75) is 25.8 Å². The Hall–Kier alpha value is -2.01. The predicted octanol–water partition coefficient (Wildman–Crippen LogP) is 3.36. The number of aryl methyl sites for hydroxylation is 1. The van der Waals surface area contributed by atoms with Crippen molar-refractivity contribution in [3.8, 4) is 5.75 Å². The Balaban J connectivity index is 2.04. The second-order valence-electron chi connectivity index (χ2n) is 4.94. The second-order valence-corrected chi connectivity index (χ2v) is 5.38. The number of thiocarbonyl (C=S) groups is 1. The molecule has 2 aromatic rings. The summed E-state index contributed by atoms with van der Waals surface area (Å²) in [6, 6.07) is 9.79.